The van der Waals surface area contributed by atoms with E-state index in [9.17, 15) is 4.79 Å². The summed E-state index contributed by atoms with van der Waals surface area (Å²) in [5, 5.41) is 3.09. The van der Waals surface area contributed by atoms with E-state index in [1.54, 1.807) is 31.4 Å². The van der Waals surface area contributed by atoms with Gasteiger partial charge in [-0.2, -0.15) is 0 Å². The molecule has 88 valence electrons. The van der Waals surface area contributed by atoms with Crippen LogP contribution in [0.2, 0.25) is 0 Å². The minimum atomic E-state index is -0.209. The first-order valence-corrected chi connectivity index (χ1v) is 5.27. The first kappa shape index (κ1) is 12.7. The lowest BCUT2D eigenvalue weighted by Crippen LogP contribution is -2.36. The van der Waals surface area contributed by atoms with Gasteiger partial charge in [-0.1, -0.05) is 0 Å². The molecule has 0 aliphatic heterocycles. The molecule has 16 heavy (non-hydrogen) atoms. The van der Waals surface area contributed by atoms with Crippen LogP contribution in [0, 0.1) is 0 Å². The summed E-state index contributed by atoms with van der Waals surface area (Å²) in [5.74, 6) is 0.0658. The van der Waals surface area contributed by atoms with Crippen LogP contribution in [0.3, 0.4) is 0 Å². The van der Waals surface area contributed by atoms with Gasteiger partial charge in [0.25, 0.3) is 0 Å². The van der Waals surface area contributed by atoms with E-state index >= 15 is 0 Å². The van der Waals surface area contributed by atoms with Crippen molar-refractivity contribution in [1.29, 1.82) is 0 Å². The van der Waals surface area contributed by atoms with Gasteiger partial charge in [0, 0.05) is 24.9 Å². The number of benzene rings is 1. The molecule has 0 aliphatic rings. The lowest BCUT2D eigenvalue weighted by molar-refractivity contribution is 0.0945. The molecule has 4 nitrogen and oxygen atoms in total. The normalized spacial score (nSPS) is 12.4. The number of carbonyl (C=O) groups is 1. The van der Waals surface area contributed by atoms with Crippen LogP contribution in [-0.4, -0.2) is 32.1 Å². The highest BCUT2D eigenvalue weighted by atomic mass is 16.5. The molecule has 0 aliphatic carbocycles. The molecule has 1 atom stereocenters. The number of nitrogens with one attached hydrogen (secondary N) is 1. The minimum Gasteiger partial charge on any atom is -0.399 e. The van der Waals surface area contributed by atoms with Gasteiger partial charge in [0.15, 0.2) is 5.78 Å². The summed E-state index contributed by atoms with van der Waals surface area (Å²) in [5.41, 5.74) is 6.89. The molecule has 0 radical (unpaired) electrons. The quantitative estimate of drug-likeness (QED) is 0.429. The average Bonchev–Trinajstić information content (AvgIpc) is 2.29. The van der Waals surface area contributed by atoms with E-state index < -0.39 is 0 Å². The second kappa shape index (κ2) is 6.25. The molecule has 0 bridgehead atoms. The predicted molar refractivity (Wildman–Crippen MR) is 64.5 cm³/mol. The van der Waals surface area contributed by atoms with Gasteiger partial charge in [0.1, 0.15) is 0 Å². The zero-order valence-electron chi connectivity index (χ0n) is 9.69. The Labute approximate surface area is 95.8 Å². The predicted octanol–water partition coefficient (Wildman–Crippen LogP) is 1.08. The van der Waals surface area contributed by atoms with Crippen molar-refractivity contribution >= 4 is 11.5 Å². The highest BCUT2D eigenvalue weighted by molar-refractivity contribution is 6.00. The number of nitrogens with two attached hydrogens (primary N) is 1. The van der Waals surface area contributed by atoms with Gasteiger partial charge < -0.3 is 15.8 Å². The number of ether oxygens (including phenoxy) is 1. The molecule has 0 aromatic heterocycles. The number of hydrogen-bond donors (Lipinski definition) is 2. The van der Waals surface area contributed by atoms with Crippen LogP contribution in [-0.2, 0) is 4.74 Å². The molecular weight excluding hydrogens is 204 g/mol. The summed E-state index contributed by atoms with van der Waals surface area (Å²) in [7, 11) is 1.63. The Hall–Kier alpha value is -1.39. The van der Waals surface area contributed by atoms with Crippen LogP contribution >= 0.6 is 0 Å². The van der Waals surface area contributed by atoms with Crippen molar-refractivity contribution in [2.45, 2.75) is 13.0 Å². The fourth-order valence-electron chi connectivity index (χ4n) is 1.37. The first-order chi connectivity index (χ1) is 7.65. The second-order valence-corrected chi connectivity index (χ2v) is 3.65. The van der Waals surface area contributed by atoms with E-state index in [1.165, 1.54) is 0 Å². The van der Waals surface area contributed by atoms with Crippen LogP contribution in [0.15, 0.2) is 24.3 Å². The third kappa shape index (κ3) is 3.64. The van der Waals surface area contributed by atoms with Crippen molar-refractivity contribution in [2.75, 3.05) is 26.0 Å². The molecule has 0 heterocycles. The van der Waals surface area contributed by atoms with Gasteiger partial charge in [-0.15, -0.1) is 0 Å². The Morgan fingerprint density at radius 1 is 1.44 bits per heavy atom. The Kier molecular flexibility index (Phi) is 4.95. The van der Waals surface area contributed by atoms with E-state index in [1.807, 2.05) is 6.92 Å². The topological polar surface area (TPSA) is 64.3 Å². The standard InChI is InChI=1S/C12H18N2O2/c1-9(14-7-8-16-2)12(15)10-3-5-11(13)6-4-10/h3-6,9,14H,7-8,13H2,1-2H3. The molecular formula is C12H18N2O2. The van der Waals surface area contributed by atoms with E-state index in [2.05, 4.69) is 5.32 Å². The third-order valence-electron chi connectivity index (χ3n) is 2.35. The van der Waals surface area contributed by atoms with Gasteiger partial charge in [-0.3, -0.25) is 4.79 Å². The maximum Gasteiger partial charge on any atom is 0.179 e. The van der Waals surface area contributed by atoms with Crippen molar-refractivity contribution in [3.05, 3.63) is 29.8 Å². The van der Waals surface area contributed by atoms with E-state index in [-0.39, 0.29) is 11.8 Å². The minimum absolute atomic E-state index is 0.0658. The van der Waals surface area contributed by atoms with Crippen molar-refractivity contribution < 1.29 is 9.53 Å². The summed E-state index contributed by atoms with van der Waals surface area (Å²) < 4.78 is 4.90. The molecule has 1 rings (SSSR count). The molecule has 1 aromatic rings. The third-order valence-corrected chi connectivity index (χ3v) is 2.35. The summed E-state index contributed by atoms with van der Waals surface area (Å²) >= 11 is 0. The SMILES string of the molecule is COCCNC(C)C(=O)c1ccc(N)cc1. The van der Waals surface area contributed by atoms with Gasteiger partial charge >= 0.3 is 0 Å². The zero-order valence-corrected chi connectivity index (χ0v) is 9.69. The Morgan fingerprint density at radius 3 is 2.62 bits per heavy atom. The first-order valence-electron chi connectivity index (χ1n) is 5.27. The number of hydrogen-bond acceptors (Lipinski definition) is 4. The highest BCUT2D eigenvalue weighted by Gasteiger charge is 2.13. The maximum atomic E-state index is 11.9. The number of rotatable bonds is 6. The van der Waals surface area contributed by atoms with Gasteiger partial charge in [-0.25, -0.2) is 0 Å². The molecule has 0 fully saturated rings. The Morgan fingerprint density at radius 2 is 2.06 bits per heavy atom. The van der Waals surface area contributed by atoms with E-state index in [0.717, 1.165) is 0 Å². The fourth-order valence-corrected chi connectivity index (χ4v) is 1.37. The number of anilines is 1. The molecule has 0 saturated heterocycles. The molecule has 1 unspecified atom stereocenters. The van der Waals surface area contributed by atoms with E-state index in [0.29, 0.717) is 24.4 Å². The van der Waals surface area contributed by atoms with Crippen molar-refractivity contribution in [1.82, 2.24) is 5.32 Å². The maximum absolute atomic E-state index is 11.9. The monoisotopic (exact) mass is 222 g/mol. The summed E-state index contributed by atoms with van der Waals surface area (Å²) in [6, 6.07) is 6.74. The molecule has 1 aromatic carbocycles. The summed E-state index contributed by atoms with van der Waals surface area (Å²) in [6.45, 7) is 3.10. The van der Waals surface area contributed by atoms with Crippen LogP contribution in [0.4, 0.5) is 5.69 Å². The summed E-state index contributed by atoms with van der Waals surface area (Å²) in [6.07, 6.45) is 0. The highest BCUT2D eigenvalue weighted by Crippen LogP contribution is 2.07. The molecule has 4 heteroatoms. The van der Waals surface area contributed by atoms with Gasteiger partial charge in [0.05, 0.1) is 12.6 Å². The van der Waals surface area contributed by atoms with Crippen molar-refractivity contribution in [2.24, 2.45) is 0 Å². The molecule has 0 amide bonds. The van der Waals surface area contributed by atoms with Crippen LogP contribution < -0.4 is 11.1 Å². The molecule has 0 spiro atoms. The number of nitrogen functional groups attached to an aromatic ring is 1. The van der Waals surface area contributed by atoms with Gasteiger partial charge in [0.2, 0.25) is 0 Å². The van der Waals surface area contributed by atoms with Crippen molar-refractivity contribution in [3.63, 3.8) is 0 Å². The lowest BCUT2D eigenvalue weighted by Gasteiger charge is -2.12. The van der Waals surface area contributed by atoms with Crippen LogP contribution in [0.5, 0.6) is 0 Å². The number of Topliss-reactive ketones (excluding diaryl/α,β-unsaturated/α-hetero) is 1. The smallest absolute Gasteiger partial charge is 0.179 e. The summed E-state index contributed by atoms with van der Waals surface area (Å²) in [4.78, 5) is 11.9. The van der Waals surface area contributed by atoms with Crippen LogP contribution in [0.25, 0.3) is 0 Å². The number of methoxy groups -OCH3 is 1. The Bertz CT molecular complexity index is 335. The Balaban J connectivity index is 2.53. The molecule has 3 N–H and O–H groups in total. The number of ketones is 1. The second-order valence-electron chi connectivity index (χ2n) is 3.65. The zero-order chi connectivity index (χ0) is 12.0. The molecule has 0 saturated carbocycles. The van der Waals surface area contributed by atoms with E-state index in [4.69, 9.17) is 10.5 Å². The van der Waals surface area contributed by atoms with Crippen LogP contribution in [0.1, 0.15) is 17.3 Å². The average molecular weight is 222 g/mol. The lowest BCUT2D eigenvalue weighted by atomic mass is 10.1. The van der Waals surface area contributed by atoms with Gasteiger partial charge in [-0.05, 0) is 31.2 Å². The largest absolute Gasteiger partial charge is 0.399 e. The van der Waals surface area contributed by atoms with Crippen molar-refractivity contribution in [3.8, 4) is 0 Å². The fraction of sp³-hybridized carbons (Fsp3) is 0.417. The number of carbonyl (C=O) groups excluding carboxylic acids is 1.